The van der Waals surface area contributed by atoms with Crippen molar-refractivity contribution in [2.24, 2.45) is 0 Å². The predicted octanol–water partition coefficient (Wildman–Crippen LogP) is 3.79. The van der Waals surface area contributed by atoms with Gasteiger partial charge in [-0.1, -0.05) is 30.4 Å². The van der Waals surface area contributed by atoms with Crippen LogP contribution in [0.15, 0.2) is 48.7 Å². The molecule has 2 aromatic carbocycles. The zero-order valence-corrected chi connectivity index (χ0v) is 19.6. The average Bonchev–Trinajstić information content (AvgIpc) is 3.56. The number of rotatable bonds is 6. The molecule has 8 heteroatoms. The summed E-state index contributed by atoms with van der Waals surface area (Å²) >= 11 is 1.57. The number of fused-ring (bicyclic) bond motifs is 3. The Balaban J connectivity index is 1.34. The van der Waals surface area contributed by atoms with Crippen LogP contribution in [0.1, 0.15) is 40.5 Å². The van der Waals surface area contributed by atoms with Gasteiger partial charge in [0.25, 0.3) is 11.8 Å². The summed E-state index contributed by atoms with van der Waals surface area (Å²) in [5, 5.41) is 5.75. The number of aromatic nitrogens is 2. The molecule has 0 bridgehead atoms. The van der Waals surface area contributed by atoms with E-state index in [1.54, 1.807) is 30.5 Å². The number of imidazole rings is 1. The Morgan fingerprint density at radius 1 is 1.12 bits per heavy atom. The minimum absolute atomic E-state index is 0.0252. The van der Waals surface area contributed by atoms with Crippen molar-refractivity contribution >= 4 is 38.3 Å². The molecule has 3 heterocycles. The first-order chi connectivity index (χ1) is 16.1. The summed E-state index contributed by atoms with van der Waals surface area (Å²) in [5.74, 6) is -0.132. The molecule has 1 aliphatic heterocycles. The van der Waals surface area contributed by atoms with Gasteiger partial charge >= 0.3 is 0 Å². The fraction of sp³-hybridized carbons (Fsp3) is 0.320. The summed E-state index contributed by atoms with van der Waals surface area (Å²) in [5.41, 5.74) is 4.13. The molecule has 1 saturated heterocycles. The number of carbonyl (C=O) groups excluding carboxylic acids is 2. The van der Waals surface area contributed by atoms with Gasteiger partial charge in [0.1, 0.15) is 0 Å². The molecule has 0 aliphatic carbocycles. The molecular formula is C25H27N5O2S. The monoisotopic (exact) mass is 461 g/mol. The lowest BCUT2D eigenvalue weighted by Crippen LogP contribution is -2.40. The number of carbonyl (C=O) groups is 2. The number of benzene rings is 2. The molecule has 2 aromatic heterocycles. The highest BCUT2D eigenvalue weighted by Crippen LogP contribution is 2.30. The van der Waals surface area contributed by atoms with Crippen molar-refractivity contribution in [3.05, 3.63) is 59.8 Å². The number of nitrogens with zero attached hydrogens (tertiary/aromatic N) is 3. The standard InChI is InChI=1S/C25H27N5O2S/c1-3-29-12-4-5-19(29)14-27-24(32)18-10-11-21-22(13-18)33-25-28-20(15-30(21)25)16-6-8-17(9-7-16)23(31)26-2/h6-11,13,15,19H,3-5,12,14H2,1-2H3,(H,26,31)(H,27,32)/t19-/m1/s1. The first-order valence-electron chi connectivity index (χ1n) is 11.3. The molecule has 1 aliphatic rings. The number of thiazole rings is 1. The molecule has 0 unspecified atom stereocenters. The highest BCUT2D eigenvalue weighted by Gasteiger charge is 2.23. The molecule has 0 saturated carbocycles. The normalized spacial score (nSPS) is 16.5. The van der Waals surface area contributed by atoms with Gasteiger partial charge < -0.3 is 10.6 Å². The maximum absolute atomic E-state index is 12.8. The van der Waals surface area contributed by atoms with Crippen LogP contribution in [0.3, 0.4) is 0 Å². The molecule has 0 radical (unpaired) electrons. The van der Waals surface area contributed by atoms with Gasteiger partial charge in [-0.3, -0.25) is 18.9 Å². The van der Waals surface area contributed by atoms with E-state index in [9.17, 15) is 9.59 Å². The highest BCUT2D eigenvalue weighted by atomic mass is 32.1. The average molecular weight is 462 g/mol. The van der Waals surface area contributed by atoms with E-state index in [2.05, 4.69) is 26.9 Å². The Morgan fingerprint density at radius 3 is 2.67 bits per heavy atom. The van der Waals surface area contributed by atoms with Crippen LogP contribution >= 0.6 is 11.3 Å². The summed E-state index contributed by atoms with van der Waals surface area (Å²) in [6.45, 7) is 5.02. The van der Waals surface area contributed by atoms with Crippen molar-refractivity contribution in [1.29, 1.82) is 0 Å². The Bertz CT molecular complexity index is 1320. The Kier molecular flexibility index (Phi) is 5.86. The SMILES string of the molecule is CCN1CCC[C@@H]1CNC(=O)c1ccc2c(c1)sc1nc(-c3ccc(C(=O)NC)cc3)cn12. The molecule has 2 amide bonds. The quantitative estimate of drug-likeness (QED) is 0.458. The molecular weight excluding hydrogens is 434 g/mol. The third-order valence-corrected chi connectivity index (χ3v) is 7.45. The van der Waals surface area contributed by atoms with Crippen LogP contribution in [0.4, 0.5) is 0 Å². The van der Waals surface area contributed by atoms with Crippen LogP contribution in [0, 0.1) is 0 Å². The van der Waals surface area contributed by atoms with E-state index in [0.717, 1.165) is 45.9 Å². The molecule has 4 aromatic rings. The largest absolute Gasteiger partial charge is 0.355 e. The van der Waals surface area contributed by atoms with Crippen LogP contribution in [-0.2, 0) is 0 Å². The predicted molar refractivity (Wildman–Crippen MR) is 132 cm³/mol. The van der Waals surface area contributed by atoms with Crippen molar-refractivity contribution in [3.8, 4) is 11.3 Å². The van der Waals surface area contributed by atoms with Crippen LogP contribution in [-0.4, -0.2) is 58.8 Å². The summed E-state index contributed by atoms with van der Waals surface area (Å²) in [4.78, 5) is 32.6. The maximum atomic E-state index is 12.8. The number of hydrogen-bond donors (Lipinski definition) is 2. The highest BCUT2D eigenvalue weighted by molar-refractivity contribution is 7.23. The van der Waals surface area contributed by atoms with Crippen molar-refractivity contribution in [2.75, 3.05) is 26.7 Å². The fourth-order valence-electron chi connectivity index (χ4n) is 4.57. The van der Waals surface area contributed by atoms with Crippen molar-refractivity contribution < 1.29 is 9.59 Å². The van der Waals surface area contributed by atoms with Gasteiger partial charge in [-0.25, -0.2) is 4.98 Å². The van der Waals surface area contributed by atoms with E-state index < -0.39 is 0 Å². The molecule has 2 N–H and O–H groups in total. The second kappa shape index (κ2) is 8.96. The minimum atomic E-state index is -0.107. The van der Waals surface area contributed by atoms with Gasteiger partial charge in [-0.05, 0) is 56.3 Å². The molecule has 1 fully saturated rings. The van der Waals surface area contributed by atoms with Crippen LogP contribution < -0.4 is 10.6 Å². The van der Waals surface area contributed by atoms with Gasteiger partial charge in [0.15, 0.2) is 4.96 Å². The van der Waals surface area contributed by atoms with Gasteiger partial charge in [0.05, 0.1) is 15.9 Å². The molecule has 0 spiro atoms. The lowest BCUT2D eigenvalue weighted by molar-refractivity contribution is 0.0939. The second-order valence-electron chi connectivity index (χ2n) is 8.35. The summed E-state index contributed by atoms with van der Waals surface area (Å²) < 4.78 is 3.09. The van der Waals surface area contributed by atoms with Crippen LogP contribution in [0.5, 0.6) is 0 Å². The lowest BCUT2D eigenvalue weighted by atomic mass is 10.1. The fourth-order valence-corrected chi connectivity index (χ4v) is 5.62. The van der Waals surface area contributed by atoms with Crippen molar-refractivity contribution in [2.45, 2.75) is 25.8 Å². The Hall–Kier alpha value is -3.23. The first kappa shape index (κ1) is 21.6. The number of hydrogen-bond acceptors (Lipinski definition) is 5. The Morgan fingerprint density at radius 2 is 1.91 bits per heavy atom. The van der Waals surface area contributed by atoms with E-state index in [-0.39, 0.29) is 11.8 Å². The number of nitrogens with one attached hydrogen (secondary N) is 2. The smallest absolute Gasteiger partial charge is 0.251 e. The molecule has 33 heavy (non-hydrogen) atoms. The van der Waals surface area contributed by atoms with Crippen molar-refractivity contribution in [3.63, 3.8) is 0 Å². The van der Waals surface area contributed by atoms with Crippen LogP contribution in [0.25, 0.3) is 26.4 Å². The number of likely N-dealkylation sites (N-methyl/N-ethyl adjacent to an activating group) is 1. The minimum Gasteiger partial charge on any atom is -0.355 e. The van der Waals surface area contributed by atoms with E-state index in [1.807, 2.05) is 36.5 Å². The summed E-state index contributed by atoms with van der Waals surface area (Å²) in [7, 11) is 1.62. The Labute approximate surface area is 196 Å². The van der Waals surface area contributed by atoms with Crippen molar-refractivity contribution in [1.82, 2.24) is 24.9 Å². The zero-order chi connectivity index (χ0) is 22.9. The number of likely N-dealkylation sites (tertiary alicyclic amines) is 1. The summed E-state index contributed by atoms with van der Waals surface area (Å²) in [6.07, 6.45) is 4.35. The maximum Gasteiger partial charge on any atom is 0.251 e. The van der Waals surface area contributed by atoms with E-state index in [1.165, 1.54) is 6.42 Å². The van der Waals surface area contributed by atoms with Gasteiger partial charge in [-0.2, -0.15) is 0 Å². The van der Waals surface area contributed by atoms with Gasteiger partial charge in [0.2, 0.25) is 0 Å². The third kappa shape index (κ3) is 4.12. The molecule has 170 valence electrons. The second-order valence-corrected chi connectivity index (χ2v) is 9.36. The summed E-state index contributed by atoms with van der Waals surface area (Å²) in [6, 6.07) is 13.7. The topological polar surface area (TPSA) is 78.7 Å². The molecule has 7 nitrogen and oxygen atoms in total. The van der Waals surface area contributed by atoms with E-state index in [0.29, 0.717) is 23.7 Å². The zero-order valence-electron chi connectivity index (χ0n) is 18.8. The first-order valence-corrected chi connectivity index (χ1v) is 12.2. The third-order valence-electron chi connectivity index (χ3n) is 6.43. The molecule has 5 rings (SSSR count). The lowest BCUT2D eigenvalue weighted by Gasteiger charge is -2.22. The van der Waals surface area contributed by atoms with E-state index >= 15 is 0 Å². The van der Waals surface area contributed by atoms with Crippen LogP contribution in [0.2, 0.25) is 0 Å². The van der Waals surface area contributed by atoms with Gasteiger partial charge in [0, 0.05) is 42.5 Å². The number of amides is 2. The van der Waals surface area contributed by atoms with Gasteiger partial charge in [-0.15, -0.1) is 0 Å². The van der Waals surface area contributed by atoms with E-state index in [4.69, 9.17) is 4.98 Å². The molecule has 1 atom stereocenters.